The van der Waals surface area contributed by atoms with Gasteiger partial charge in [0.1, 0.15) is 23.1 Å². The van der Waals surface area contributed by atoms with Crippen molar-refractivity contribution in [3.05, 3.63) is 54.2 Å². The van der Waals surface area contributed by atoms with Crippen molar-refractivity contribution in [2.75, 3.05) is 16.8 Å². The molecule has 0 saturated heterocycles. The van der Waals surface area contributed by atoms with E-state index in [0.717, 1.165) is 36.0 Å². The van der Waals surface area contributed by atoms with Gasteiger partial charge in [-0.05, 0) is 30.7 Å². The zero-order valence-corrected chi connectivity index (χ0v) is 14.1. The van der Waals surface area contributed by atoms with Crippen molar-refractivity contribution in [1.82, 2.24) is 14.3 Å². The Morgan fingerprint density at radius 3 is 2.81 bits per heavy atom. The van der Waals surface area contributed by atoms with Crippen LogP contribution in [0.5, 0.6) is 0 Å². The molecule has 6 nitrogen and oxygen atoms in total. The number of amides is 2. The summed E-state index contributed by atoms with van der Waals surface area (Å²) >= 11 is 0. The topological polar surface area (TPSA) is 55.1 Å². The fourth-order valence-corrected chi connectivity index (χ4v) is 3.12. The van der Waals surface area contributed by atoms with Crippen LogP contribution in [0.1, 0.15) is 6.42 Å². The van der Waals surface area contributed by atoms with Crippen LogP contribution in [-0.4, -0.2) is 26.9 Å². The zero-order chi connectivity index (χ0) is 18.3. The molecule has 26 heavy (non-hydrogen) atoms. The van der Waals surface area contributed by atoms with Gasteiger partial charge in [-0.25, -0.2) is 18.3 Å². The number of aromatic nitrogens is 3. The van der Waals surface area contributed by atoms with Crippen LogP contribution in [0.25, 0.3) is 11.4 Å². The Balaban J connectivity index is 1.63. The monoisotopic (exact) mass is 357 g/mol. The van der Waals surface area contributed by atoms with Gasteiger partial charge in [0.05, 0.1) is 11.4 Å². The molecule has 8 heteroatoms. The van der Waals surface area contributed by atoms with Gasteiger partial charge in [-0.15, -0.1) is 0 Å². The summed E-state index contributed by atoms with van der Waals surface area (Å²) in [5.74, 6) is -0.673. The minimum atomic E-state index is -0.685. The minimum Gasteiger partial charge on any atom is -0.349 e. The number of hydrogen-bond acceptors (Lipinski definition) is 2. The lowest BCUT2D eigenvalue weighted by Gasteiger charge is -2.27. The van der Waals surface area contributed by atoms with E-state index >= 15 is 0 Å². The number of carbonyl (C=O) groups is 1. The third kappa shape index (κ3) is 2.83. The summed E-state index contributed by atoms with van der Waals surface area (Å²) in [6, 6.07) is 8.13. The fourth-order valence-electron chi connectivity index (χ4n) is 3.12. The molecular weight excluding hydrogens is 340 g/mol. The Labute approximate surface area is 148 Å². The molecule has 0 bridgehead atoms. The van der Waals surface area contributed by atoms with Crippen molar-refractivity contribution in [3.63, 3.8) is 0 Å². The molecule has 3 aromatic rings. The van der Waals surface area contributed by atoms with Crippen LogP contribution in [0.4, 0.5) is 25.1 Å². The molecule has 0 unspecified atom stereocenters. The second-order valence-electron chi connectivity index (χ2n) is 6.17. The molecule has 1 aliphatic heterocycles. The van der Waals surface area contributed by atoms with Gasteiger partial charge < -0.3 is 9.88 Å². The molecule has 4 rings (SSSR count). The van der Waals surface area contributed by atoms with E-state index in [4.69, 9.17) is 0 Å². The summed E-state index contributed by atoms with van der Waals surface area (Å²) < 4.78 is 30.8. The van der Waals surface area contributed by atoms with Gasteiger partial charge in [-0.1, -0.05) is 0 Å². The summed E-state index contributed by atoms with van der Waals surface area (Å²) in [4.78, 5) is 14.1. The number of anilines is 2. The number of nitrogens with zero attached hydrogens (tertiary/aromatic N) is 4. The van der Waals surface area contributed by atoms with Gasteiger partial charge in [-0.2, -0.15) is 5.10 Å². The highest BCUT2D eigenvalue weighted by atomic mass is 19.1. The van der Waals surface area contributed by atoms with Crippen molar-refractivity contribution in [1.29, 1.82) is 0 Å². The van der Waals surface area contributed by atoms with E-state index in [9.17, 15) is 13.6 Å². The number of rotatable bonds is 2. The van der Waals surface area contributed by atoms with Crippen LogP contribution in [0.3, 0.4) is 0 Å². The standard InChI is InChI=1S/C18H17F2N5O/c1-23-7-2-4-16(23)15-11-17-24(8-3-9-25(17)22-15)18(26)21-14-10-12(19)5-6-13(14)20/h2,4-7,10-11H,3,8-9H2,1H3,(H,21,26). The van der Waals surface area contributed by atoms with E-state index in [-0.39, 0.29) is 5.69 Å². The Kier molecular flexibility index (Phi) is 3.95. The molecule has 2 aromatic heterocycles. The highest BCUT2D eigenvalue weighted by molar-refractivity contribution is 6.01. The summed E-state index contributed by atoms with van der Waals surface area (Å²) in [7, 11) is 1.92. The quantitative estimate of drug-likeness (QED) is 0.762. The number of benzene rings is 1. The highest BCUT2D eigenvalue weighted by Gasteiger charge is 2.26. The second kappa shape index (κ2) is 6.29. The zero-order valence-electron chi connectivity index (χ0n) is 14.1. The third-order valence-corrected chi connectivity index (χ3v) is 4.41. The Morgan fingerprint density at radius 2 is 2.04 bits per heavy atom. The second-order valence-corrected chi connectivity index (χ2v) is 6.17. The Bertz CT molecular complexity index is 978. The lowest BCUT2D eigenvalue weighted by Crippen LogP contribution is -2.40. The first-order valence-electron chi connectivity index (χ1n) is 8.26. The number of halogens is 2. The van der Waals surface area contributed by atoms with Crippen LogP contribution >= 0.6 is 0 Å². The summed E-state index contributed by atoms with van der Waals surface area (Å²) in [6.07, 6.45) is 2.64. The van der Waals surface area contributed by atoms with Gasteiger partial charge in [0.25, 0.3) is 0 Å². The van der Waals surface area contributed by atoms with Crippen LogP contribution in [0, 0.1) is 11.6 Å². The van der Waals surface area contributed by atoms with E-state index in [1.54, 1.807) is 4.68 Å². The maximum atomic E-state index is 13.8. The predicted octanol–water partition coefficient (Wildman–Crippen LogP) is 3.61. The molecule has 2 amide bonds. The SMILES string of the molecule is Cn1cccc1-c1cc2n(n1)CCCN2C(=O)Nc1cc(F)ccc1F. The van der Waals surface area contributed by atoms with E-state index < -0.39 is 17.7 Å². The number of fused-ring (bicyclic) bond motifs is 1. The normalized spacial score (nSPS) is 13.6. The molecule has 0 saturated carbocycles. The average molecular weight is 357 g/mol. The van der Waals surface area contributed by atoms with E-state index in [0.29, 0.717) is 18.9 Å². The highest BCUT2D eigenvalue weighted by Crippen LogP contribution is 2.28. The van der Waals surface area contributed by atoms with Gasteiger partial charge in [-0.3, -0.25) is 4.90 Å². The number of hydrogen-bond donors (Lipinski definition) is 1. The van der Waals surface area contributed by atoms with Crippen LogP contribution in [0.15, 0.2) is 42.6 Å². The van der Waals surface area contributed by atoms with Gasteiger partial charge >= 0.3 is 6.03 Å². The first-order valence-corrected chi connectivity index (χ1v) is 8.26. The molecular formula is C18H17F2N5O. The lowest BCUT2D eigenvalue weighted by atomic mass is 10.2. The summed E-state index contributed by atoms with van der Waals surface area (Å²) in [6.45, 7) is 1.17. The minimum absolute atomic E-state index is 0.186. The molecule has 1 aromatic carbocycles. The maximum absolute atomic E-state index is 13.8. The number of nitrogens with one attached hydrogen (secondary N) is 1. The molecule has 134 valence electrons. The van der Waals surface area contributed by atoms with Gasteiger partial charge in [0.15, 0.2) is 0 Å². The van der Waals surface area contributed by atoms with Crippen molar-refractivity contribution >= 4 is 17.5 Å². The average Bonchev–Trinajstić information content (AvgIpc) is 3.23. The molecule has 0 atom stereocenters. The first-order chi connectivity index (χ1) is 12.5. The fraction of sp³-hybridized carbons (Fsp3) is 0.222. The number of urea groups is 1. The summed E-state index contributed by atoms with van der Waals surface area (Å²) in [5.41, 5.74) is 1.50. The molecule has 0 radical (unpaired) electrons. The van der Waals surface area contributed by atoms with Gasteiger partial charge in [0, 0.05) is 38.5 Å². The van der Waals surface area contributed by atoms with Crippen molar-refractivity contribution in [2.45, 2.75) is 13.0 Å². The number of carbonyl (C=O) groups excluding carboxylic acids is 1. The van der Waals surface area contributed by atoms with Crippen molar-refractivity contribution in [2.24, 2.45) is 7.05 Å². The predicted molar refractivity (Wildman–Crippen MR) is 94.0 cm³/mol. The van der Waals surface area contributed by atoms with Crippen LogP contribution < -0.4 is 10.2 Å². The van der Waals surface area contributed by atoms with Crippen LogP contribution in [-0.2, 0) is 13.6 Å². The van der Waals surface area contributed by atoms with Crippen LogP contribution in [0.2, 0.25) is 0 Å². The smallest absolute Gasteiger partial charge is 0.327 e. The lowest BCUT2D eigenvalue weighted by molar-refractivity contribution is 0.255. The van der Waals surface area contributed by atoms with Crippen molar-refractivity contribution in [3.8, 4) is 11.4 Å². The third-order valence-electron chi connectivity index (χ3n) is 4.41. The molecule has 1 aliphatic rings. The van der Waals surface area contributed by atoms with E-state index in [1.165, 1.54) is 4.90 Å². The first kappa shape index (κ1) is 16.3. The van der Waals surface area contributed by atoms with Crippen molar-refractivity contribution < 1.29 is 13.6 Å². The Morgan fingerprint density at radius 1 is 1.19 bits per heavy atom. The van der Waals surface area contributed by atoms with E-state index in [2.05, 4.69) is 10.4 Å². The van der Waals surface area contributed by atoms with E-state index in [1.807, 2.05) is 36.0 Å². The summed E-state index contributed by atoms with van der Waals surface area (Å²) in [5, 5.41) is 7.01. The maximum Gasteiger partial charge on any atom is 0.327 e. The molecule has 1 N–H and O–H groups in total. The largest absolute Gasteiger partial charge is 0.349 e. The molecule has 0 fully saturated rings. The number of aryl methyl sites for hydroxylation is 2. The Hall–Kier alpha value is -3.16. The molecule has 0 aliphatic carbocycles. The molecule has 0 spiro atoms. The van der Waals surface area contributed by atoms with Gasteiger partial charge in [0.2, 0.25) is 0 Å². The molecule has 3 heterocycles.